The van der Waals surface area contributed by atoms with Gasteiger partial charge in [-0.1, -0.05) is 31.0 Å². The Labute approximate surface area is 156 Å². The van der Waals surface area contributed by atoms with Crippen molar-refractivity contribution in [3.8, 4) is 0 Å². The van der Waals surface area contributed by atoms with Crippen molar-refractivity contribution < 1.29 is 23.4 Å². The van der Waals surface area contributed by atoms with E-state index in [1.54, 1.807) is 0 Å². The van der Waals surface area contributed by atoms with Crippen LogP contribution in [0.2, 0.25) is 0 Å². The Morgan fingerprint density at radius 1 is 1.33 bits per heavy atom. The molecule has 146 valence electrons. The average Bonchev–Trinajstić information content (AvgIpc) is 3.30. The molecule has 0 radical (unpaired) electrons. The number of ether oxygens (including phenoxy) is 1. The Balaban J connectivity index is 1.58. The van der Waals surface area contributed by atoms with Gasteiger partial charge in [-0.3, -0.25) is 4.79 Å². The Morgan fingerprint density at radius 3 is 2.85 bits per heavy atom. The number of carbonyl (C=O) groups is 1. The van der Waals surface area contributed by atoms with Gasteiger partial charge in [0.25, 0.3) is 5.91 Å². The molecule has 1 unspecified atom stereocenters. The molecule has 2 fully saturated rings. The van der Waals surface area contributed by atoms with E-state index in [0.717, 1.165) is 16.5 Å². The summed E-state index contributed by atoms with van der Waals surface area (Å²) in [5, 5.41) is 11.4. The molecule has 1 aliphatic heterocycles. The number of H-pyrrole nitrogens is 1. The molecule has 1 atom stereocenters. The van der Waals surface area contributed by atoms with Crippen LogP contribution in [0.4, 0.5) is 8.78 Å². The van der Waals surface area contributed by atoms with Crippen LogP contribution >= 0.6 is 0 Å². The smallest absolute Gasteiger partial charge is 0.352 e. The van der Waals surface area contributed by atoms with Crippen LogP contribution in [0, 0.1) is 0 Å². The van der Waals surface area contributed by atoms with E-state index in [9.17, 15) is 18.7 Å². The van der Waals surface area contributed by atoms with Gasteiger partial charge < -0.3 is 19.7 Å². The molecule has 0 bridgehead atoms. The van der Waals surface area contributed by atoms with E-state index in [2.05, 4.69) is 4.98 Å². The molecule has 2 aromatic rings. The first-order valence-electron chi connectivity index (χ1n) is 9.46. The molecular formula is C20H24F2N2O3. The molecule has 1 saturated carbocycles. The fourth-order valence-corrected chi connectivity index (χ4v) is 4.30. The number of hydrogen-bond acceptors (Lipinski definition) is 3. The molecule has 5 nitrogen and oxygen atoms in total. The molecule has 2 N–H and O–H groups in total. The van der Waals surface area contributed by atoms with Gasteiger partial charge in [-0.2, -0.15) is 8.78 Å². The molecule has 1 saturated heterocycles. The van der Waals surface area contributed by atoms with Gasteiger partial charge in [-0.25, -0.2) is 0 Å². The number of para-hydroxylation sites is 1. The van der Waals surface area contributed by atoms with Gasteiger partial charge in [0.2, 0.25) is 0 Å². The number of benzene rings is 1. The molecule has 1 aromatic carbocycles. The first-order valence-corrected chi connectivity index (χ1v) is 9.46. The van der Waals surface area contributed by atoms with Gasteiger partial charge in [-0.15, -0.1) is 0 Å². The maximum absolute atomic E-state index is 14.9. The van der Waals surface area contributed by atoms with Gasteiger partial charge in [-0.05, 0) is 30.9 Å². The lowest BCUT2D eigenvalue weighted by Gasteiger charge is -2.40. The summed E-state index contributed by atoms with van der Waals surface area (Å²) in [6.45, 7) is 0.544. The summed E-state index contributed by atoms with van der Waals surface area (Å²) in [4.78, 5) is 17.1. The second kappa shape index (κ2) is 6.87. The number of halogens is 2. The Morgan fingerprint density at radius 2 is 2.07 bits per heavy atom. The molecule has 0 spiro atoms. The highest BCUT2D eigenvalue weighted by atomic mass is 19.3. The molecule has 1 aliphatic carbocycles. The lowest BCUT2D eigenvalue weighted by Crippen LogP contribution is -2.61. The van der Waals surface area contributed by atoms with E-state index in [-0.39, 0.29) is 32.6 Å². The van der Waals surface area contributed by atoms with Crippen LogP contribution in [0.15, 0.2) is 30.5 Å². The molecule has 1 amide bonds. The Kier molecular flexibility index (Phi) is 4.68. The predicted molar refractivity (Wildman–Crippen MR) is 96.7 cm³/mol. The van der Waals surface area contributed by atoms with Gasteiger partial charge in [0, 0.05) is 23.6 Å². The van der Waals surface area contributed by atoms with Crippen LogP contribution in [0.25, 0.3) is 10.9 Å². The number of aliphatic hydroxyl groups is 1. The van der Waals surface area contributed by atoms with Crippen molar-refractivity contribution in [1.82, 2.24) is 9.88 Å². The van der Waals surface area contributed by atoms with Crippen molar-refractivity contribution in [2.45, 2.75) is 49.7 Å². The maximum atomic E-state index is 14.9. The topological polar surface area (TPSA) is 65.6 Å². The van der Waals surface area contributed by atoms with Crippen LogP contribution in [-0.2, 0) is 16.0 Å². The lowest BCUT2D eigenvalue weighted by molar-refractivity contribution is -0.206. The number of amides is 1. The number of aromatic nitrogens is 1. The zero-order chi connectivity index (χ0) is 19.1. The molecule has 2 aliphatic rings. The highest BCUT2D eigenvalue weighted by Crippen LogP contribution is 2.43. The highest BCUT2D eigenvalue weighted by molar-refractivity contribution is 5.86. The van der Waals surface area contributed by atoms with E-state index < -0.39 is 23.5 Å². The fraction of sp³-hybridized carbons (Fsp3) is 0.550. The second-order valence-corrected chi connectivity index (χ2v) is 7.60. The predicted octanol–water partition coefficient (Wildman–Crippen LogP) is 2.88. The van der Waals surface area contributed by atoms with E-state index >= 15 is 0 Å². The molecule has 1 aromatic heterocycles. The average molecular weight is 378 g/mol. The Hall–Kier alpha value is -1.99. The normalized spacial score (nSPS) is 23.1. The number of fused-ring (bicyclic) bond motifs is 1. The van der Waals surface area contributed by atoms with Gasteiger partial charge in [0.1, 0.15) is 5.60 Å². The number of morpholine rings is 1. The van der Waals surface area contributed by atoms with E-state index in [4.69, 9.17) is 4.74 Å². The summed E-state index contributed by atoms with van der Waals surface area (Å²) in [5.41, 5.74) is -0.303. The van der Waals surface area contributed by atoms with Crippen LogP contribution < -0.4 is 0 Å². The number of aromatic amines is 1. The monoisotopic (exact) mass is 378 g/mol. The summed E-state index contributed by atoms with van der Waals surface area (Å²) in [6, 6.07) is 7.27. The summed E-state index contributed by atoms with van der Waals surface area (Å²) >= 11 is 0. The number of nitrogens with zero attached hydrogens (tertiary/aromatic N) is 1. The fourth-order valence-electron chi connectivity index (χ4n) is 4.30. The van der Waals surface area contributed by atoms with Gasteiger partial charge in [0.05, 0.1) is 19.3 Å². The minimum atomic E-state index is -3.78. The number of alkyl halides is 2. The van der Waals surface area contributed by atoms with E-state index in [1.807, 2.05) is 30.5 Å². The van der Waals surface area contributed by atoms with Crippen molar-refractivity contribution in [2.75, 3.05) is 19.8 Å². The summed E-state index contributed by atoms with van der Waals surface area (Å²) in [5.74, 6) is -5.06. The van der Waals surface area contributed by atoms with Crippen molar-refractivity contribution >= 4 is 16.8 Å². The van der Waals surface area contributed by atoms with Crippen molar-refractivity contribution in [2.24, 2.45) is 0 Å². The van der Waals surface area contributed by atoms with Crippen molar-refractivity contribution in [3.05, 3.63) is 36.0 Å². The molecule has 27 heavy (non-hydrogen) atoms. The first kappa shape index (κ1) is 18.4. The second-order valence-electron chi connectivity index (χ2n) is 7.60. The zero-order valence-corrected chi connectivity index (χ0v) is 15.1. The zero-order valence-electron chi connectivity index (χ0n) is 15.1. The third-order valence-electron chi connectivity index (χ3n) is 5.90. The number of rotatable bonds is 4. The molecule has 2 heterocycles. The molecule has 4 rings (SSSR count). The quantitative estimate of drug-likeness (QED) is 0.860. The van der Waals surface area contributed by atoms with Crippen LogP contribution in [0.1, 0.15) is 31.2 Å². The minimum Gasteiger partial charge on any atom is -0.383 e. The lowest BCUT2D eigenvalue weighted by atomic mass is 9.91. The Bertz CT molecular complexity index is 829. The molecule has 7 heteroatoms. The van der Waals surface area contributed by atoms with Crippen LogP contribution in [0.3, 0.4) is 0 Å². The van der Waals surface area contributed by atoms with Crippen LogP contribution in [0.5, 0.6) is 0 Å². The number of hydrogen-bond donors (Lipinski definition) is 2. The van der Waals surface area contributed by atoms with Gasteiger partial charge >= 0.3 is 5.92 Å². The highest BCUT2D eigenvalue weighted by Gasteiger charge is 2.61. The minimum absolute atomic E-state index is 0.0385. The first-order chi connectivity index (χ1) is 12.9. The summed E-state index contributed by atoms with van der Waals surface area (Å²) in [7, 11) is 0. The van der Waals surface area contributed by atoms with Gasteiger partial charge in [0.15, 0.2) is 0 Å². The standard InChI is InChI=1S/C20H24F2N2O3/c21-20(22,19(26)7-3-4-8-19)18(25)24-9-10-27-13-15(24)11-14-12-23-17-6-2-1-5-16(14)17/h1-2,5-6,12,15,23,26H,3-4,7-11,13H2. The van der Waals surface area contributed by atoms with Crippen molar-refractivity contribution in [3.63, 3.8) is 0 Å². The SMILES string of the molecule is O=C(N1CCOCC1Cc1c[nH]c2ccccc12)C(F)(F)C1(O)CCCC1. The number of nitrogens with one attached hydrogen (secondary N) is 1. The number of carbonyl (C=O) groups excluding carboxylic acids is 1. The maximum Gasteiger partial charge on any atom is 0.352 e. The third kappa shape index (κ3) is 3.12. The largest absolute Gasteiger partial charge is 0.383 e. The van der Waals surface area contributed by atoms with Crippen molar-refractivity contribution in [1.29, 1.82) is 0 Å². The third-order valence-corrected chi connectivity index (χ3v) is 5.90. The summed E-state index contributed by atoms with van der Waals surface area (Å²) in [6.07, 6.45) is 3.23. The molecular weight excluding hydrogens is 354 g/mol. The van der Waals surface area contributed by atoms with E-state index in [0.29, 0.717) is 19.3 Å². The van der Waals surface area contributed by atoms with Crippen LogP contribution in [-0.4, -0.2) is 58.2 Å². The summed E-state index contributed by atoms with van der Waals surface area (Å²) < 4.78 is 35.3. The van der Waals surface area contributed by atoms with E-state index in [1.165, 1.54) is 4.90 Å².